The van der Waals surface area contributed by atoms with Crippen molar-refractivity contribution >= 4 is 28.6 Å². The van der Waals surface area contributed by atoms with Gasteiger partial charge in [0.2, 0.25) is 15.9 Å². The first-order valence-corrected chi connectivity index (χ1v) is 14.5. The van der Waals surface area contributed by atoms with Crippen LogP contribution in [0.1, 0.15) is 37.3 Å². The van der Waals surface area contributed by atoms with Gasteiger partial charge in [0.25, 0.3) is 0 Å². The van der Waals surface area contributed by atoms with Crippen molar-refractivity contribution < 1.29 is 22.7 Å². The van der Waals surface area contributed by atoms with Crippen LogP contribution in [0.3, 0.4) is 0 Å². The lowest BCUT2D eigenvalue weighted by Gasteiger charge is -2.23. The summed E-state index contributed by atoms with van der Waals surface area (Å²) in [5, 5.41) is 6.24. The number of ether oxygens (including phenoxy) is 2. The molecule has 0 aliphatic rings. The Kier molecular flexibility index (Phi) is 13.1. The number of para-hydroxylation sites is 1. The summed E-state index contributed by atoms with van der Waals surface area (Å²) in [5.41, 5.74) is 2.04. The van der Waals surface area contributed by atoms with E-state index in [0.717, 1.165) is 29.0 Å². The largest absolute Gasteiger partial charge is 0.497 e. The van der Waals surface area contributed by atoms with Crippen LogP contribution >= 0.6 is 12.6 Å². The van der Waals surface area contributed by atoms with Crippen molar-refractivity contribution in [1.82, 2.24) is 15.4 Å². The second-order valence-electron chi connectivity index (χ2n) is 8.59. The van der Waals surface area contributed by atoms with Gasteiger partial charge in [0.05, 0.1) is 19.4 Å². The molecule has 0 bridgehead atoms. The van der Waals surface area contributed by atoms with Crippen LogP contribution in [0.5, 0.6) is 11.5 Å². The van der Waals surface area contributed by atoms with Crippen molar-refractivity contribution in [2.75, 3.05) is 31.7 Å². The van der Waals surface area contributed by atoms with Crippen molar-refractivity contribution in [3.8, 4) is 11.5 Å². The third-order valence-corrected chi connectivity index (χ3v) is 7.28. The Bertz CT molecular complexity index is 1050. The van der Waals surface area contributed by atoms with Gasteiger partial charge in [0, 0.05) is 13.1 Å². The number of carbonyl (C=O) groups excluding carboxylic acids is 1. The lowest BCUT2D eigenvalue weighted by molar-refractivity contribution is -0.123. The van der Waals surface area contributed by atoms with Crippen LogP contribution in [0.4, 0.5) is 0 Å². The molecule has 0 unspecified atom stereocenters. The minimum absolute atomic E-state index is 0.00688. The van der Waals surface area contributed by atoms with Crippen LogP contribution in [-0.2, 0) is 21.4 Å². The van der Waals surface area contributed by atoms with Gasteiger partial charge in [-0.2, -0.15) is 12.6 Å². The van der Waals surface area contributed by atoms with Crippen LogP contribution in [0.2, 0.25) is 0 Å². The van der Waals surface area contributed by atoms with Gasteiger partial charge in [0.1, 0.15) is 23.6 Å². The number of nitrogens with one attached hydrogen (secondary N) is 3. The maximum absolute atomic E-state index is 12.9. The Balaban J connectivity index is 2.03. The fourth-order valence-electron chi connectivity index (χ4n) is 3.50. The Labute approximate surface area is 221 Å². The third kappa shape index (κ3) is 10.8. The number of carbonyl (C=O) groups is 1. The molecule has 3 N–H and O–H groups in total. The number of aryl methyl sites for hydroxylation is 1. The average Bonchev–Trinajstić information content (AvgIpc) is 2.86. The summed E-state index contributed by atoms with van der Waals surface area (Å²) >= 11 is 4.20. The molecule has 0 heterocycles. The molecule has 0 spiro atoms. The standard InChI is InChI=1S/C26H39N3O5S2/c1-4-5-15-36(31,32)29-24(13-14-35)26(30)28-19-23(34-25-12-7-6-9-20(25)2)18-27-17-21-10-8-11-22(16-21)33-3/h6-12,16,23-24,27,29,35H,4-5,13-15,17-19H2,1-3H3,(H,28,30)/t23-,24+/m1/s1. The molecule has 0 fully saturated rings. The van der Waals surface area contributed by atoms with Gasteiger partial charge in [-0.3, -0.25) is 4.79 Å². The van der Waals surface area contributed by atoms with Gasteiger partial charge in [-0.05, 0) is 54.8 Å². The van der Waals surface area contributed by atoms with E-state index in [1.165, 1.54) is 0 Å². The average molecular weight is 538 g/mol. The summed E-state index contributed by atoms with van der Waals surface area (Å²) in [6.45, 7) is 5.15. The van der Waals surface area contributed by atoms with Crippen LogP contribution in [0.25, 0.3) is 0 Å². The molecule has 0 saturated carbocycles. The van der Waals surface area contributed by atoms with E-state index >= 15 is 0 Å². The maximum Gasteiger partial charge on any atom is 0.238 e. The Hall–Kier alpha value is -2.27. The zero-order valence-electron chi connectivity index (χ0n) is 21.3. The number of hydrogen-bond acceptors (Lipinski definition) is 7. The summed E-state index contributed by atoms with van der Waals surface area (Å²) in [4.78, 5) is 12.9. The highest BCUT2D eigenvalue weighted by Gasteiger charge is 2.24. The summed E-state index contributed by atoms with van der Waals surface area (Å²) in [5.74, 6) is 1.49. The van der Waals surface area contributed by atoms with Crippen LogP contribution < -0.4 is 24.8 Å². The fourth-order valence-corrected chi connectivity index (χ4v) is 5.21. The molecule has 36 heavy (non-hydrogen) atoms. The van der Waals surface area contributed by atoms with Gasteiger partial charge < -0.3 is 20.1 Å². The van der Waals surface area contributed by atoms with E-state index in [-0.39, 0.29) is 24.8 Å². The molecule has 0 aromatic heterocycles. The normalized spacial score (nSPS) is 13.1. The summed E-state index contributed by atoms with van der Waals surface area (Å²) < 4.78 is 38.7. The van der Waals surface area contributed by atoms with Gasteiger partial charge in [-0.1, -0.05) is 43.7 Å². The Morgan fingerprint density at radius 1 is 1.11 bits per heavy atom. The molecule has 0 aliphatic heterocycles. The highest BCUT2D eigenvalue weighted by Crippen LogP contribution is 2.18. The lowest BCUT2D eigenvalue weighted by Crippen LogP contribution is -2.50. The van der Waals surface area contributed by atoms with Crippen LogP contribution in [-0.4, -0.2) is 58.2 Å². The molecule has 8 nitrogen and oxygen atoms in total. The molecule has 0 aliphatic carbocycles. The van der Waals surface area contributed by atoms with Gasteiger partial charge in [0.15, 0.2) is 0 Å². The van der Waals surface area contributed by atoms with E-state index in [0.29, 0.717) is 25.3 Å². The second kappa shape index (κ2) is 15.8. The highest BCUT2D eigenvalue weighted by molar-refractivity contribution is 7.89. The monoisotopic (exact) mass is 537 g/mol. The summed E-state index contributed by atoms with van der Waals surface area (Å²) in [7, 11) is -1.92. The lowest BCUT2D eigenvalue weighted by atomic mass is 10.2. The van der Waals surface area contributed by atoms with Crippen LogP contribution in [0.15, 0.2) is 48.5 Å². The SMILES string of the molecule is CCCCS(=O)(=O)N[C@@H](CCS)C(=O)NC[C@@H](CNCc1cccc(OC)c1)Oc1ccccc1C. The Morgan fingerprint density at radius 2 is 1.89 bits per heavy atom. The quantitative estimate of drug-likeness (QED) is 0.231. The van der Waals surface area contributed by atoms with E-state index in [1.54, 1.807) is 7.11 Å². The molecule has 10 heteroatoms. The molecule has 2 aromatic carbocycles. The third-order valence-electron chi connectivity index (χ3n) is 5.55. The molecular formula is C26H39N3O5S2. The zero-order valence-corrected chi connectivity index (χ0v) is 23.0. The van der Waals surface area contributed by atoms with E-state index in [1.807, 2.05) is 62.4 Å². The van der Waals surface area contributed by atoms with E-state index < -0.39 is 22.0 Å². The van der Waals surface area contributed by atoms with Crippen LogP contribution in [0, 0.1) is 6.92 Å². The number of amides is 1. The molecule has 200 valence electrons. The first-order valence-electron chi connectivity index (χ1n) is 12.2. The molecule has 2 aromatic rings. The Morgan fingerprint density at radius 3 is 2.58 bits per heavy atom. The summed E-state index contributed by atoms with van der Waals surface area (Å²) in [6, 6.07) is 14.6. The molecule has 0 saturated heterocycles. The predicted molar refractivity (Wildman–Crippen MR) is 147 cm³/mol. The minimum atomic E-state index is -3.55. The molecule has 2 atom stereocenters. The van der Waals surface area contributed by atoms with E-state index in [9.17, 15) is 13.2 Å². The first kappa shape index (κ1) is 30.0. The second-order valence-corrected chi connectivity index (χ2v) is 10.9. The van der Waals surface area contributed by atoms with Crippen molar-refractivity contribution in [2.24, 2.45) is 0 Å². The molecule has 2 rings (SSSR count). The number of sulfonamides is 1. The van der Waals surface area contributed by atoms with Crippen molar-refractivity contribution in [1.29, 1.82) is 0 Å². The smallest absolute Gasteiger partial charge is 0.238 e. The predicted octanol–water partition coefficient (Wildman–Crippen LogP) is 3.07. The molecular weight excluding hydrogens is 498 g/mol. The zero-order chi connectivity index (χ0) is 26.4. The first-order chi connectivity index (χ1) is 17.3. The molecule has 0 radical (unpaired) electrons. The number of unbranched alkanes of at least 4 members (excludes halogenated alkanes) is 1. The molecule has 1 amide bonds. The van der Waals surface area contributed by atoms with E-state index in [4.69, 9.17) is 9.47 Å². The summed E-state index contributed by atoms with van der Waals surface area (Å²) in [6.07, 6.45) is 1.20. The van der Waals surface area contributed by atoms with E-state index in [2.05, 4.69) is 28.0 Å². The topological polar surface area (TPSA) is 106 Å². The highest BCUT2D eigenvalue weighted by atomic mass is 32.2. The number of rotatable bonds is 17. The van der Waals surface area contributed by atoms with Gasteiger partial charge in [-0.25, -0.2) is 13.1 Å². The van der Waals surface area contributed by atoms with Gasteiger partial charge in [-0.15, -0.1) is 0 Å². The number of methoxy groups -OCH3 is 1. The number of thiol groups is 1. The number of hydrogen-bond donors (Lipinski definition) is 4. The minimum Gasteiger partial charge on any atom is -0.497 e. The van der Waals surface area contributed by atoms with Crippen molar-refractivity contribution in [3.63, 3.8) is 0 Å². The van der Waals surface area contributed by atoms with Gasteiger partial charge >= 0.3 is 0 Å². The van der Waals surface area contributed by atoms with Crippen molar-refractivity contribution in [2.45, 2.75) is 51.8 Å². The number of benzene rings is 2. The fraction of sp³-hybridized carbons (Fsp3) is 0.500. The maximum atomic E-state index is 12.9. The van der Waals surface area contributed by atoms with Crippen molar-refractivity contribution in [3.05, 3.63) is 59.7 Å².